The van der Waals surface area contributed by atoms with Crippen LogP contribution in [0.15, 0.2) is 16.6 Å². The van der Waals surface area contributed by atoms with Crippen molar-refractivity contribution < 1.29 is 9.31 Å². The second kappa shape index (κ2) is 4.15. The zero-order valence-corrected chi connectivity index (χ0v) is 8.41. The molecule has 4 nitrogen and oxygen atoms in total. The minimum absolute atomic E-state index is 0.175. The average molecular weight is 259 g/mol. The Kier molecular flexibility index (Phi) is 3.14. The fraction of sp³-hybridized carbons (Fsp3) is 0.125. The van der Waals surface area contributed by atoms with Crippen LogP contribution in [0.4, 0.5) is 10.1 Å². The molecule has 0 spiro atoms. The van der Waals surface area contributed by atoms with E-state index in [0.717, 1.165) is 6.07 Å². The van der Waals surface area contributed by atoms with Crippen LogP contribution in [0, 0.1) is 27.3 Å². The highest BCUT2D eigenvalue weighted by Gasteiger charge is 2.21. The minimum Gasteiger partial charge on any atom is -0.258 e. The van der Waals surface area contributed by atoms with Crippen molar-refractivity contribution in [2.45, 2.75) is 6.42 Å². The number of benzene rings is 1. The van der Waals surface area contributed by atoms with E-state index >= 15 is 0 Å². The fourth-order valence-electron chi connectivity index (χ4n) is 1.03. The average Bonchev–Trinajstić information content (AvgIpc) is 2.11. The zero-order valence-electron chi connectivity index (χ0n) is 6.83. The molecule has 0 aliphatic heterocycles. The molecule has 14 heavy (non-hydrogen) atoms. The van der Waals surface area contributed by atoms with Gasteiger partial charge in [-0.15, -0.1) is 0 Å². The summed E-state index contributed by atoms with van der Waals surface area (Å²) in [4.78, 5) is 9.86. The van der Waals surface area contributed by atoms with E-state index in [-0.39, 0.29) is 22.1 Å². The van der Waals surface area contributed by atoms with E-state index in [1.165, 1.54) is 6.07 Å². The molecule has 72 valence electrons. The maximum atomic E-state index is 13.1. The number of nitro groups is 1. The Morgan fingerprint density at radius 2 is 2.29 bits per heavy atom. The van der Waals surface area contributed by atoms with Gasteiger partial charge < -0.3 is 0 Å². The largest absolute Gasteiger partial charge is 0.290 e. The van der Waals surface area contributed by atoms with Crippen LogP contribution in [0.1, 0.15) is 5.56 Å². The number of hydrogen-bond acceptors (Lipinski definition) is 3. The third kappa shape index (κ3) is 1.88. The third-order valence-corrected chi connectivity index (χ3v) is 2.25. The number of rotatable bonds is 2. The molecule has 0 unspecified atom stereocenters. The molecule has 0 N–H and O–H groups in total. The van der Waals surface area contributed by atoms with Crippen molar-refractivity contribution in [2.24, 2.45) is 0 Å². The highest BCUT2D eigenvalue weighted by molar-refractivity contribution is 9.10. The van der Waals surface area contributed by atoms with Crippen molar-refractivity contribution in [3.63, 3.8) is 0 Å². The van der Waals surface area contributed by atoms with Crippen LogP contribution in [0.3, 0.4) is 0 Å². The summed E-state index contributed by atoms with van der Waals surface area (Å²) in [5.41, 5.74) is -0.571. The van der Waals surface area contributed by atoms with Crippen LogP contribution in [-0.4, -0.2) is 4.92 Å². The lowest BCUT2D eigenvalue weighted by Crippen LogP contribution is -1.99. The molecule has 0 radical (unpaired) electrons. The highest BCUT2D eigenvalue weighted by Crippen LogP contribution is 2.30. The van der Waals surface area contributed by atoms with E-state index < -0.39 is 10.7 Å². The molecule has 0 bridgehead atoms. The van der Waals surface area contributed by atoms with Gasteiger partial charge in [0.05, 0.1) is 27.4 Å². The molecular weight excluding hydrogens is 255 g/mol. The van der Waals surface area contributed by atoms with E-state index in [1.54, 1.807) is 6.07 Å². The normalized spacial score (nSPS) is 9.50. The Morgan fingerprint density at radius 1 is 1.64 bits per heavy atom. The van der Waals surface area contributed by atoms with Crippen LogP contribution in [0.25, 0.3) is 0 Å². The summed E-state index contributed by atoms with van der Waals surface area (Å²) >= 11 is 2.93. The number of nitro benzene ring substituents is 1. The molecule has 0 saturated heterocycles. The smallest absolute Gasteiger partial charge is 0.258 e. The van der Waals surface area contributed by atoms with Crippen molar-refractivity contribution in [1.82, 2.24) is 0 Å². The standard InChI is InChI=1S/C8H4BrFN2O2/c9-6-1-2-7(10)5(3-4-11)8(6)12(13)14/h1-2H,3H2. The Labute approximate surface area is 87.2 Å². The monoisotopic (exact) mass is 258 g/mol. The quantitative estimate of drug-likeness (QED) is 0.605. The lowest BCUT2D eigenvalue weighted by atomic mass is 10.1. The van der Waals surface area contributed by atoms with Gasteiger partial charge in [-0.3, -0.25) is 10.1 Å². The van der Waals surface area contributed by atoms with Crippen molar-refractivity contribution in [3.05, 3.63) is 38.1 Å². The predicted octanol–water partition coefficient (Wildman–Crippen LogP) is 2.56. The van der Waals surface area contributed by atoms with Crippen LogP contribution in [0.5, 0.6) is 0 Å². The Bertz CT molecular complexity index is 428. The van der Waals surface area contributed by atoms with Gasteiger partial charge in [0, 0.05) is 0 Å². The van der Waals surface area contributed by atoms with Crippen molar-refractivity contribution in [2.75, 3.05) is 0 Å². The van der Waals surface area contributed by atoms with Gasteiger partial charge in [0.15, 0.2) is 0 Å². The molecule has 0 atom stereocenters. The van der Waals surface area contributed by atoms with E-state index in [0.29, 0.717) is 0 Å². The minimum atomic E-state index is -0.735. The predicted molar refractivity (Wildman–Crippen MR) is 50.1 cm³/mol. The van der Waals surface area contributed by atoms with Crippen molar-refractivity contribution >= 4 is 21.6 Å². The maximum absolute atomic E-state index is 13.1. The van der Waals surface area contributed by atoms with Crippen LogP contribution >= 0.6 is 15.9 Å². The molecule has 0 fully saturated rings. The maximum Gasteiger partial charge on any atom is 0.290 e. The summed E-state index contributed by atoms with van der Waals surface area (Å²) in [6.45, 7) is 0. The molecule has 1 aromatic rings. The molecule has 1 rings (SSSR count). The summed E-state index contributed by atoms with van der Waals surface area (Å²) in [5, 5.41) is 19.0. The molecular formula is C8H4BrFN2O2. The fourth-order valence-corrected chi connectivity index (χ4v) is 1.54. The lowest BCUT2D eigenvalue weighted by molar-refractivity contribution is -0.386. The topological polar surface area (TPSA) is 66.9 Å². The van der Waals surface area contributed by atoms with Gasteiger partial charge in [-0.1, -0.05) is 0 Å². The van der Waals surface area contributed by atoms with Crippen molar-refractivity contribution in [3.8, 4) is 6.07 Å². The van der Waals surface area contributed by atoms with Crippen LogP contribution in [0.2, 0.25) is 0 Å². The van der Waals surface area contributed by atoms with E-state index in [9.17, 15) is 14.5 Å². The molecule has 0 aliphatic carbocycles. The second-order valence-corrected chi connectivity index (χ2v) is 3.30. The first-order valence-electron chi connectivity index (χ1n) is 3.56. The summed E-state index contributed by atoms with van der Waals surface area (Å²) in [6.07, 6.45) is -0.318. The molecule has 0 aromatic heterocycles. The SMILES string of the molecule is N#CCc1c(F)ccc(Br)c1[N+](=O)[O-]. The lowest BCUT2D eigenvalue weighted by Gasteiger charge is -2.01. The number of nitrogens with zero attached hydrogens (tertiary/aromatic N) is 2. The highest BCUT2D eigenvalue weighted by atomic mass is 79.9. The van der Waals surface area contributed by atoms with E-state index in [2.05, 4.69) is 15.9 Å². The van der Waals surface area contributed by atoms with Crippen LogP contribution in [-0.2, 0) is 6.42 Å². The molecule has 0 heterocycles. The first-order chi connectivity index (χ1) is 6.57. The first-order valence-corrected chi connectivity index (χ1v) is 4.35. The van der Waals surface area contributed by atoms with Gasteiger partial charge >= 0.3 is 0 Å². The van der Waals surface area contributed by atoms with Gasteiger partial charge in [-0.05, 0) is 28.1 Å². The Morgan fingerprint density at radius 3 is 2.79 bits per heavy atom. The molecule has 0 aliphatic rings. The zero-order chi connectivity index (χ0) is 10.7. The molecule has 0 amide bonds. The second-order valence-electron chi connectivity index (χ2n) is 2.45. The van der Waals surface area contributed by atoms with Crippen LogP contribution < -0.4 is 0 Å². The van der Waals surface area contributed by atoms with Gasteiger partial charge in [-0.2, -0.15) is 5.26 Å². The first kappa shape index (κ1) is 10.6. The van der Waals surface area contributed by atoms with E-state index in [1.807, 2.05) is 0 Å². The van der Waals surface area contributed by atoms with Gasteiger partial charge in [0.1, 0.15) is 5.82 Å². The summed E-state index contributed by atoms with van der Waals surface area (Å²) < 4.78 is 13.3. The van der Waals surface area contributed by atoms with Gasteiger partial charge in [0.25, 0.3) is 5.69 Å². The van der Waals surface area contributed by atoms with E-state index in [4.69, 9.17) is 5.26 Å². The Balaban J connectivity index is 3.43. The van der Waals surface area contributed by atoms with Gasteiger partial charge in [0.2, 0.25) is 0 Å². The number of nitriles is 1. The number of hydrogen-bond donors (Lipinski definition) is 0. The molecule has 0 saturated carbocycles. The number of halogens is 2. The third-order valence-electron chi connectivity index (χ3n) is 1.61. The summed E-state index contributed by atoms with van der Waals surface area (Å²) in [6, 6.07) is 4.01. The summed E-state index contributed by atoms with van der Waals surface area (Å²) in [7, 11) is 0. The molecule has 6 heteroatoms. The summed E-state index contributed by atoms with van der Waals surface area (Å²) in [5.74, 6) is -0.735. The van der Waals surface area contributed by atoms with Gasteiger partial charge in [-0.25, -0.2) is 4.39 Å². The van der Waals surface area contributed by atoms with Crippen molar-refractivity contribution in [1.29, 1.82) is 5.26 Å². The Hall–Kier alpha value is -1.48. The molecule has 1 aromatic carbocycles.